The number of rotatable bonds is 5. The lowest BCUT2D eigenvalue weighted by Crippen LogP contribution is -2.30. The van der Waals surface area contributed by atoms with Crippen molar-refractivity contribution in [1.82, 2.24) is 5.32 Å². The Kier molecular flexibility index (Phi) is 5.37. The van der Waals surface area contributed by atoms with E-state index in [0.29, 0.717) is 6.10 Å². The smallest absolute Gasteiger partial charge is 0.110 e. The summed E-state index contributed by atoms with van der Waals surface area (Å²) in [6.07, 6.45) is 13.9. The summed E-state index contributed by atoms with van der Waals surface area (Å²) in [6.45, 7) is 4.58. The van der Waals surface area contributed by atoms with Gasteiger partial charge in [0.25, 0.3) is 0 Å². The van der Waals surface area contributed by atoms with Crippen LogP contribution in [0.2, 0.25) is 0 Å². The Morgan fingerprint density at radius 2 is 2.00 bits per heavy atom. The van der Waals surface area contributed by atoms with Crippen LogP contribution in [0.15, 0.2) is 12.3 Å². The molecule has 0 spiro atoms. The highest BCUT2D eigenvalue weighted by molar-refractivity contribution is 4.83. The Hall–Kier alpha value is -0.500. The van der Waals surface area contributed by atoms with Crippen molar-refractivity contribution in [1.29, 1.82) is 0 Å². The first-order valence-electron chi connectivity index (χ1n) is 7.36. The van der Waals surface area contributed by atoms with Gasteiger partial charge in [-0.05, 0) is 43.7 Å². The molecule has 1 aliphatic carbocycles. The average molecular weight is 237 g/mol. The second-order valence-corrected chi connectivity index (χ2v) is 5.83. The first-order valence-corrected chi connectivity index (χ1v) is 7.36. The van der Waals surface area contributed by atoms with E-state index in [0.717, 1.165) is 18.4 Å². The van der Waals surface area contributed by atoms with Gasteiger partial charge in [0.2, 0.25) is 0 Å². The Bertz CT molecular complexity index is 231. The van der Waals surface area contributed by atoms with Crippen LogP contribution < -0.4 is 5.32 Å². The molecule has 0 aromatic heterocycles. The van der Waals surface area contributed by atoms with Gasteiger partial charge in [0.15, 0.2) is 0 Å². The maximum absolute atomic E-state index is 5.54. The number of hydrogen-bond acceptors (Lipinski definition) is 2. The molecule has 1 N–H and O–H groups in total. The molecule has 1 heterocycles. The van der Waals surface area contributed by atoms with Crippen LogP contribution in [0.3, 0.4) is 0 Å². The zero-order valence-electron chi connectivity index (χ0n) is 11.2. The third-order valence-electron chi connectivity index (χ3n) is 4.26. The predicted molar refractivity (Wildman–Crippen MR) is 71.9 cm³/mol. The van der Waals surface area contributed by atoms with Crippen molar-refractivity contribution in [3.05, 3.63) is 12.3 Å². The van der Waals surface area contributed by atoms with Crippen LogP contribution in [-0.2, 0) is 4.74 Å². The van der Waals surface area contributed by atoms with Gasteiger partial charge < -0.3 is 10.1 Å². The van der Waals surface area contributed by atoms with E-state index in [-0.39, 0.29) is 0 Å². The molecule has 0 aromatic carbocycles. The molecule has 2 aliphatic rings. The molecule has 1 saturated carbocycles. The lowest BCUT2D eigenvalue weighted by atomic mass is 9.81. The SMILES string of the molecule is CC1CCC(CCNCC2CCC=CO2)CC1. The van der Waals surface area contributed by atoms with Gasteiger partial charge in [-0.25, -0.2) is 0 Å². The van der Waals surface area contributed by atoms with Crippen LogP contribution >= 0.6 is 0 Å². The van der Waals surface area contributed by atoms with Gasteiger partial charge in [-0.3, -0.25) is 0 Å². The molecular weight excluding hydrogens is 210 g/mol. The summed E-state index contributed by atoms with van der Waals surface area (Å²) in [5, 5.41) is 3.55. The van der Waals surface area contributed by atoms with E-state index in [1.54, 1.807) is 0 Å². The number of allylic oxidation sites excluding steroid dienone is 1. The van der Waals surface area contributed by atoms with E-state index in [4.69, 9.17) is 4.74 Å². The minimum absolute atomic E-state index is 0.409. The summed E-state index contributed by atoms with van der Waals surface area (Å²) in [5.41, 5.74) is 0. The monoisotopic (exact) mass is 237 g/mol. The second-order valence-electron chi connectivity index (χ2n) is 5.83. The molecule has 0 aromatic rings. The molecule has 1 atom stereocenters. The third kappa shape index (κ3) is 4.71. The largest absolute Gasteiger partial charge is 0.497 e. The Morgan fingerprint density at radius 1 is 1.18 bits per heavy atom. The molecule has 1 fully saturated rings. The quantitative estimate of drug-likeness (QED) is 0.739. The first-order chi connectivity index (χ1) is 8.34. The molecule has 1 unspecified atom stereocenters. The Morgan fingerprint density at radius 3 is 2.71 bits per heavy atom. The molecule has 2 heteroatoms. The third-order valence-corrected chi connectivity index (χ3v) is 4.26. The van der Waals surface area contributed by atoms with E-state index >= 15 is 0 Å². The van der Waals surface area contributed by atoms with Gasteiger partial charge >= 0.3 is 0 Å². The Balaban J connectivity index is 1.50. The molecule has 98 valence electrons. The van der Waals surface area contributed by atoms with Crippen LogP contribution in [0.5, 0.6) is 0 Å². The zero-order chi connectivity index (χ0) is 11.9. The molecule has 2 rings (SSSR count). The van der Waals surface area contributed by atoms with Crippen LogP contribution in [0, 0.1) is 11.8 Å². The maximum atomic E-state index is 5.54. The highest BCUT2D eigenvalue weighted by Crippen LogP contribution is 2.29. The lowest BCUT2D eigenvalue weighted by molar-refractivity contribution is 0.121. The number of nitrogens with one attached hydrogen (secondary N) is 1. The predicted octanol–water partition coefficient (Wildman–Crippen LogP) is 3.49. The van der Waals surface area contributed by atoms with Crippen molar-refractivity contribution < 1.29 is 4.74 Å². The summed E-state index contributed by atoms with van der Waals surface area (Å²) >= 11 is 0. The van der Waals surface area contributed by atoms with Crippen molar-refractivity contribution in [3.8, 4) is 0 Å². The Labute approximate surface area is 106 Å². The van der Waals surface area contributed by atoms with Gasteiger partial charge in [0, 0.05) is 6.54 Å². The van der Waals surface area contributed by atoms with E-state index in [1.807, 2.05) is 6.26 Å². The summed E-state index contributed by atoms with van der Waals surface area (Å²) in [5.74, 6) is 1.95. The van der Waals surface area contributed by atoms with E-state index < -0.39 is 0 Å². The molecule has 2 nitrogen and oxygen atoms in total. The number of ether oxygens (including phenoxy) is 1. The van der Waals surface area contributed by atoms with E-state index in [2.05, 4.69) is 18.3 Å². The number of hydrogen-bond donors (Lipinski definition) is 1. The molecule has 1 aliphatic heterocycles. The second kappa shape index (κ2) is 7.05. The molecule has 0 radical (unpaired) electrons. The van der Waals surface area contributed by atoms with Crippen molar-refractivity contribution in [3.63, 3.8) is 0 Å². The molecule has 0 saturated heterocycles. The molecule has 0 bridgehead atoms. The van der Waals surface area contributed by atoms with E-state index in [1.165, 1.54) is 51.5 Å². The lowest BCUT2D eigenvalue weighted by Gasteiger charge is -2.26. The minimum atomic E-state index is 0.409. The van der Waals surface area contributed by atoms with Crippen molar-refractivity contribution >= 4 is 0 Å². The maximum Gasteiger partial charge on any atom is 0.110 e. The summed E-state index contributed by atoms with van der Waals surface area (Å²) < 4.78 is 5.54. The van der Waals surface area contributed by atoms with Crippen LogP contribution in [0.25, 0.3) is 0 Å². The minimum Gasteiger partial charge on any atom is -0.497 e. The molecule has 0 amide bonds. The van der Waals surface area contributed by atoms with Crippen molar-refractivity contribution in [2.45, 2.75) is 58.0 Å². The summed E-state index contributed by atoms with van der Waals surface area (Å²) in [7, 11) is 0. The molecular formula is C15H27NO. The fourth-order valence-electron chi connectivity index (χ4n) is 2.92. The van der Waals surface area contributed by atoms with Crippen molar-refractivity contribution in [2.24, 2.45) is 11.8 Å². The normalized spacial score (nSPS) is 33.4. The first kappa shape index (κ1) is 12.9. The van der Waals surface area contributed by atoms with Crippen LogP contribution in [-0.4, -0.2) is 19.2 Å². The van der Waals surface area contributed by atoms with Gasteiger partial charge in [-0.1, -0.05) is 32.6 Å². The fourth-order valence-corrected chi connectivity index (χ4v) is 2.92. The molecule has 17 heavy (non-hydrogen) atoms. The van der Waals surface area contributed by atoms with E-state index in [9.17, 15) is 0 Å². The van der Waals surface area contributed by atoms with Gasteiger partial charge in [-0.2, -0.15) is 0 Å². The zero-order valence-corrected chi connectivity index (χ0v) is 11.2. The summed E-state index contributed by atoms with van der Waals surface area (Å²) in [4.78, 5) is 0. The van der Waals surface area contributed by atoms with Gasteiger partial charge in [0.1, 0.15) is 6.10 Å². The fraction of sp³-hybridized carbons (Fsp3) is 0.867. The average Bonchev–Trinajstić information content (AvgIpc) is 2.38. The summed E-state index contributed by atoms with van der Waals surface area (Å²) in [6, 6.07) is 0. The van der Waals surface area contributed by atoms with Crippen LogP contribution in [0.4, 0.5) is 0 Å². The van der Waals surface area contributed by atoms with Gasteiger partial charge in [0.05, 0.1) is 6.26 Å². The van der Waals surface area contributed by atoms with Gasteiger partial charge in [-0.15, -0.1) is 0 Å². The van der Waals surface area contributed by atoms with Crippen LogP contribution in [0.1, 0.15) is 51.9 Å². The van der Waals surface area contributed by atoms with Crippen molar-refractivity contribution in [2.75, 3.05) is 13.1 Å². The standard InChI is InChI=1S/C15H27NO/c1-13-5-7-14(8-6-13)9-10-16-12-15-4-2-3-11-17-15/h3,11,13-16H,2,4-10,12H2,1H3. The topological polar surface area (TPSA) is 21.3 Å². The highest BCUT2D eigenvalue weighted by Gasteiger charge is 2.17. The highest BCUT2D eigenvalue weighted by atomic mass is 16.5.